The lowest BCUT2D eigenvalue weighted by Gasteiger charge is -2.12. The van der Waals surface area contributed by atoms with Gasteiger partial charge in [-0.05, 0) is 88.0 Å². The van der Waals surface area contributed by atoms with E-state index in [0.29, 0.717) is 42.4 Å². The SMILES string of the molecule is Cc1ccc(C(=O)NC2CC2)cc1NC(=O)c1ccc(OCc2cccc(COCCN(C)C)n2)cc1. The van der Waals surface area contributed by atoms with Crippen molar-refractivity contribution in [1.82, 2.24) is 15.2 Å². The molecule has 2 amide bonds. The fourth-order valence-corrected chi connectivity index (χ4v) is 3.56. The van der Waals surface area contributed by atoms with Crippen LogP contribution in [0.5, 0.6) is 5.75 Å². The Balaban J connectivity index is 1.29. The Kier molecular flexibility index (Phi) is 8.87. The van der Waals surface area contributed by atoms with E-state index in [1.165, 1.54) is 0 Å². The van der Waals surface area contributed by atoms with Gasteiger partial charge in [-0.1, -0.05) is 12.1 Å². The second-order valence-electron chi connectivity index (χ2n) is 9.52. The fourth-order valence-electron chi connectivity index (χ4n) is 3.56. The molecule has 8 heteroatoms. The topological polar surface area (TPSA) is 92.8 Å². The highest BCUT2D eigenvalue weighted by Crippen LogP contribution is 2.22. The van der Waals surface area contributed by atoms with Crippen LogP contribution in [0.4, 0.5) is 5.69 Å². The molecule has 2 aromatic carbocycles. The Bertz CT molecular complexity index is 1220. The van der Waals surface area contributed by atoms with Crippen LogP contribution in [0.2, 0.25) is 0 Å². The molecule has 8 nitrogen and oxygen atoms in total. The van der Waals surface area contributed by atoms with Gasteiger partial charge in [0, 0.05) is 29.4 Å². The van der Waals surface area contributed by atoms with E-state index in [-0.39, 0.29) is 17.9 Å². The van der Waals surface area contributed by atoms with E-state index in [4.69, 9.17) is 9.47 Å². The first kappa shape index (κ1) is 26.3. The average Bonchev–Trinajstić information content (AvgIpc) is 3.71. The number of carbonyl (C=O) groups is 2. The second kappa shape index (κ2) is 12.5. The van der Waals surface area contributed by atoms with E-state index in [1.54, 1.807) is 36.4 Å². The Morgan fingerprint density at radius 2 is 1.65 bits per heavy atom. The smallest absolute Gasteiger partial charge is 0.255 e. The van der Waals surface area contributed by atoms with Gasteiger partial charge < -0.3 is 25.0 Å². The van der Waals surface area contributed by atoms with Crippen LogP contribution in [-0.4, -0.2) is 55.0 Å². The third kappa shape index (κ3) is 8.13. The normalized spacial score (nSPS) is 12.9. The molecule has 2 N–H and O–H groups in total. The first-order valence-electron chi connectivity index (χ1n) is 12.5. The molecule has 0 spiro atoms. The number of nitrogens with zero attached hydrogens (tertiary/aromatic N) is 2. The summed E-state index contributed by atoms with van der Waals surface area (Å²) in [6.07, 6.45) is 2.05. The Labute approximate surface area is 218 Å². The maximum atomic E-state index is 12.8. The van der Waals surface area contributed by atoms with Crippen molar-refractivity contribution < 1.29 is 19.1 Å². The van der Waals surface area contributed by atoms with Gasteiger partial charge in [-0.2, -0.15) is 0 Å². The van der Waals surface area contributed by atoms with Gasteiger partial charge in [0.15, 0.2) is 0 Å². The zero-order valence-electron chi connectivity index (χ0n) is 21.6. The number of benzene rings is 2. The van der Waals surface area contributed by atoms with E-state index >= 15 is 0 Å². The number of likely N-dealkylation sites (N-methyl/N-ethyl adjacent to an activating group) is 1. The summed E-state index contributed by atoms with van der Waals surface area (Å²) in [4.78, 5) is 31.9. The summed E-state index contributed by atoms with van der Waals surface area (Å²) in [5.41, 5.74) is 4.19. The lowest BCUT2D eigenvalue weighted by atomic mass is 10.1. The number of carbonyl (C=O) groups excluding carboxylic acids is 2. The predicted octanol–water partition coefficient (Wildman–Crippen LogP) is 4.19. The molecule has 0 bridgehead atoms. The number of amides is 2. The zero-order chi connectivity index (χ0) is 26.2. The summed E-state index contributed by atoms with van der Waals surface area (Å²) in [5, 5.41) is 5.89. The molecule has 1 aliphatic carbocycles. The monoisotopic (exact) mass is 502 g/mol. The fraction of sp³-hybridized carbons (Fsp3) is 0.345. The van der Waals surface area contributed by atoms with Gasteiger partial charge >= 0.3 is 0 Å². The van der Waals surface area contributed by atoms with Crippen LogP contribution in [-0.2, 0) is 18.0 Å². The molecule has 194 valence electrons. The number of aromatic nitrogens is 1. The Hall–Kier alpha value is -3.75. The molecule has 0 unspecified atom stereocenters. The number of ether oxygens (including phenoxy) is 2. The Morgan fingerprint density at radius 1 is 0.946 bits per heavy atom. The maximum absolute atomic E-state index is 12.8. The summed E-state index contributed by atoms with van der Waals surface area (Å²) in [7, 11) is 4.02. The van der Waals surface area contributed by atoms with Crippen molar-refractivity contribution >= 4 is 17.5 Å². The zero-order valence-corrected chi connectivity index (χ0v) is 21.6. The molecule has 0 radical (unpaired) electrons. The molecule has 0 atom stereocenters. The van der Waals surface area contributed by atoms with Crippen LogP contribution >= 0.6 is 0 Å². The van der Waals surface area contributed by atoms with Crippen LogP contribution in [0, 0.1) is 6.92 Å². The van der Waals surface area contributed by atoms with Crippen molar-refractivity contribution in [2.24, 2.45) is 0 Å². The van der Waals surface area contributed by atoms with Crippen LogP contribution in [0.25, 0.3) is 0 Å². The maximum Gasteiger partial charge on any atom is 0.255 e. The van der Waals surface area contributed by atoms with Crippen LogP contribution in [0.3, 0.4) is 0 Å². The number of hydrogen-bond acceptors (Lipinski definition) is 6. The third-order valence-corrected chi connectivity index (χ3v) is 5.96. The molecule has 1 fully saturated rings. The molecule has 1 saturated carbocycles. The minimum absolute atomic E-state index is 0.114. The lowest BCUT2D eigenvalue weighted by molar-refractivity contribution is 0.0949. The van der Waals surface area contributed by atoms with Crippen molar-refractivity contribution in [1.29, 1.82) is 0 Å². The largest absolute Gasteiger partial charge is 0.487 e. The summed E-state index contributed by atoms with van der Waals surface area (Å²) < 4.78 is 11.5. The van der Waals surface area contributed by atoms with E-state index in [2.05, 4.69) is 20.5 Å². The van der Waals surface area contributed by atoms with Crippen LogP contribution in [0.1, 0.15) is 50.5 Å². The van der Waals surface area contributed by atoms with Gasteiger partial charge in [0.05, 0.1) is 24.6 Å². The molecule has 1 heterocycles. The highest BCUT2D eigenvalue weighted by Gasteiger charge is 2.24. The standard InChI is InChI=1S/C29H34N4O4/c1-20-7-8-22(29(35)31-23-11-12-23)17-27(20)32-28(34)21-9-13-26(14-10-21)37-19-25-6-4-5-24(30-25)18-36-16-15-33(2)3/h4-10,13-14,17,23H,11-12,15-16,18-19H2,1-3H3,(H,31,35)(H,32,34). The van der Waals surface area contributed by atoms with Gasteiger partial charge in [0.25, 0.3) is 11.8 Å². The predicted molar refractivity (Wildman–Crippen MR) is 143 cm³/mol. The first-order chi connectivity index (χ1) is 17.9. The molecular formula is C29H34N4O4. The van der Waals surface area contributed by atoms with Gasteiger partial charge in [0.1, 0.15) is 12.4 Å². The molecule has 3 aromatic rings. The molecule has 1 aromatic heterocycles. The first-order valence-corrected chi connectivity index (χ1v) is 12.5. The summed E-state index contributed by atoms with van der Waals surface area (Å²) >= 11 is 0. The van der Waals surface area contributed by atoms with E-state index in [9.17, 15) is 9.59 Å². The number of nitrogens with one attached hydrogen (secondary N) is 2. The van der Waals surface area contributed by atoms with Crippen molar-refractivity contribution in [3.63, 3.8) is 0 Å². The number of rotatable bonds is 12. The Morgan fingerprint density at radius 3 is 2.35 bits per heavy atom. The highest BCUT2D eigenvalue weighted by molar-refractivity contribution is 6.05. The van der Waals surface area contributed by atoms with E-state index in [0.717, 1.165) is 36.3 Å². The highest BCUT2D eigenvalue weighted by atomic mass is 16.5. The van der Waals surface area contributed by atoms with Gasteiger partial charge in [0.2, 0.25) is 0 Å². The van der Waals surface area contributed by atoms with Crippen LogP contribution in [0.15, 0.2) is 60.7 Å². The average molecular weight is 503 g/mol. The number of anilines is 1. The number of pyridine rings is 1. The molecule has 0 saturated heterocycles. The molecule has 0 aliphatic heterocycles. The van der Waals surface area contributed by atoms with Crippen LogP contribution < -0.4 is 15.4 Å². The second-order valence-corrected chi connectivity index (χ2v) is 9.52. The van der Waals surface area contributed by atoms with E-state index < -0.39 is 0 Å². The summed E-state index contributed by atoms with van der Waals surface area (Å²) in [6.45, 7) is 4.18. The van der Waals surface area contributed by atoms with Crippen molar-refractivity contribution in [3.8, 4) is 5.75 Å². The van der Waals surface area contributed by atoms with E-state index in [1.807, 2.05) is 45.3 Å². The number of aryl methyl sites for hydroxylation is 1. The minimum atomic E-state index is -0.252. The van der Waals surface area contributed by atoms with Gasteiger partial charge in [-0.3, -0.25) is 14.6 Å². The minimum Gasteiger partial charge on any atom is -0.487 e. The molecule has 1 aliphatic rings. The third-order valence-electron chi connectivity index (χ3n) is 5.96. The quantitative estimate of drug-likeness (QED) is 0.361. The number of hydrogen-bond donors (Lipinski definition) is 2. The molecular weight excluding hydrogens is 468 g/mol. The van der Waals surface area contributed by atoms with Crippen molar-refractivity contribution in [3.05, 3.63) is 88.7 Å². The molecule has 4 rings (SSSR count). The van der Waals surface area contributed by atoms with Crippen molar-refractivity contribution in [2.45, 2.75) is 39.0 Å². The van der Waals surface area contributed by atoms with Gasteiger partial charge in [-0.25, -0.2) is 0 Å². The van der Waals surface area contributed by atoms with Crippen molar-refractivity contribution in [2.75, 3.05) is 32.6 Å². The molecule has 37 heavy (non-hydrogen) atoms. The van der Waals surface area contributed by atoms with Gasteiger partial charge in [-0.15, -0.1) is 0 Å². The summed E-state index contributed by atoms with van der Waals surface area (Å²) in [6, 6.07) is 18.3. The lowest BCUT2D eigenvalue weighted by Crippen LogP contribution is -2.25. The summed E-state index contributed by atoms with van der Waals surface area (Å²) in [5.74, 6) is 0.273.